The number of hydrogen-bond acceptors (Lipinski definition) is 6. The summed E-state index contributed by atoms with van der Waals surface area (Å²) in [6.07, 6.45) is 1.90. The number of nitrogens with one attached hydrogen (secondary N) is 1. The van der Waals surface area contributed by atoms with Crippen LogP contribution in [-0.4, -0.2) is 37.5 Å². The van der Waals surface area contributed by atoms with E-state index >= 15 is 0 Å². The highest BCUT2D eigenvalue weighted by Crippen LogP contribution is 2.32. The zero-order valence-corrected chi connectivity index (χ0v) is 21.2. The van der Waals surface area contributed by atoms with Crippen molar-refractivity contribution in [2.45, 2.75) is 38.1 Å². The molecule has 1 aliphatic heterocycles. The minimum absolute atomic E-state index is 0.0317. The fraction of sp³-hybridized carbons (Fsp3) is 0.333. The van der Waals surface area contributed by atoms with E-state index in [-0.39, 0.29) is 11.9 Å². The predicted molar refractivity (Wildman–Crippen MR) is 145 cm³/mol. The number of rotatable bonds is 11. The zero-order valence-electron chi connectivity index (χ0n) is 20.4. The van der Waals surface area contributed by atoms with Crippen LogP contribution in [0.15, 0.2) is 77.5 Å². The lowest BCUT2D eigenvalue weighted by molar-refractivity contribution is 0.0104. The van der Waals surface area contributed by atoms with Crippen molar-refractivity contribution in [3.63, 3.8) is 0 Å². The van der Waals surface area contributed by atoms with Crippen LogP contribution in [0.2, 0.25) is 0 Å². The third-order valence-electron chi connectivity index (χ3n) is 6.74. The molecule has 1 saturated heterocycles. The number of piperidine rings is 1. The van der Waals surface area contributed by atoms with Crippen molar-refractivity contribution in [1.82, 2.24) is 5.32 Å². The second-order valence-corrected chi connectivity index (χ2v) is 9.97. The maximum absolute atomic E-state index is 10.5. The van der Waals surface area contributed by atoms with Crippen LogP contribution >= 0.6 is 11.3 Å². The first-order chi connectivity index (χ1) is 17.8. The number of aromatic hydroxyl groups is 1. The van der Waals surface area contributed by atoms with Gasteiger partial charge in [-0.15, -0.1) is 0 Å². The quantitative estimate of drug-likeness (QED) is 0.237. The van der Waals surface area contributed by atoms with Gasteiger partial charge in [-0.2, -0.15) is 11.3 Å². The Labute approximate surface area is 216 Å². The third-order valence-corrected chi connectivity index (χ3v) is 7.47. The Morgan fingerprint density at radius 1 is 0.944 bits per heavy atom. The van der Waals surface area contributed by atoms with Gasteiger partial charge in [-0.1, -0.05) is 42.5 Å². The van der Waals surface area contributed by atoms with Crippen molar-refractivity contribution in [3.8, 4) is 11.5 Å². The largest absolute Gasteiger partial charge is 0.508 e. The molecule has 0 saturated carbocycles. The topological polar surface area (TPSA) is 60.0 Å². The van der Waals surface area contributed by atoms with Gasteiger partial charge in [-0.05, 0) is 69.9 Å². The van der Waals surface area contributed by atoms with Crippen LogP contribution in [0.5, 0.6) is 11.5 Å². The van der Waals surface area contributed by atoms with Crippen molar-refractivity contribution in [2.24, 2.45) is 0 Å². The molecule has 0 amide bonds. The van der Waals surface area contributed by atoms with E-state index in [1.807, 2.05) is 24.3 Å². The van der Waals surface area contributed by atoms with E-state index in [4.69, 9.17) is 14.2 Å². The van der Waals surface area contributed by atoms with E-state index in [0.717, 1.165) is 48.0 Å². The van der Waals surface area contributed by atoms with Gasteiger partial charge in [-0.3, -0.25) is 0 Å². The molecule has 0 aliphatic carbocycles. The van der Waals surface area contributed by atoms with Gasteiger partial charge in [0.25, 0.3) is 0 Å². The van der Waals surface area contributed by atoms with Gasteiger partial charge in [0.15, 0.2) is 0 Å². The molecule has 4 aromatic rings. The van der Waals surface area contributed by atoms with Crippen LogP contribution < -0.4 is 10.1 Å². The minimum atomic E-state index is 0.0317. The predicted octanol–water partition coefficient (Wildman–Crippen LogP) is 6.25. The number of phenolic OH excluding ortho intramolecular Hbond substituents is 1. The number of hydrogen-bond donors (Lipinski definition) is 2. The zero-order chi connectivity index (χ0) is 24.6. The molecule has 5 rings (SSSR count). The number of benzene rings is 3. The SMILES string of the molecule is Oc1ccc2ccccc2c1COC1CNCCC1c1ccc(OCCCOCc2ccsc2)cc1. The van der Waals surface area contributed by atoms with Crippen molar-refractivity contribution < 1.29 is 19.3 Å². The summed E-state index contributed by atoms with van der Waals surface area (Å²) in [5.74, 6) is 1.46. The highest BCUT2D eigenvalue weighted by atomic mass is 32.1. The molecule has 3 aromatic carbocycles. The monoisotopic (exact) mass is 503 g/mol. The number of phenols is 1. The Morgan fingerprint density at radius 3 is 2.69 bits per heavy atom. The lowest BCUT2D eigenvalue weighted by Gasteiger charge is -2.32. The third kappa shape index (κ3) is 6.26. The maximum Gasteiger partial charge on any atom is 0.121 e. The van der Waals surface area contributed by atoms with Crippen LogP contribution in [0.1, 0.15) is 35.4 Å². The highest BCUT2D eigenvalue weighted by Gasteiger charge is 2.27. The summed E-state index contributed by atoms with van der Waals surface area (Å²) >= 11 is 1.69. The lowest BCUT2D eigenvalue weighted by Crippen LogP contribution is -2.40. The van der Waals surface area contributed by atoms with E-state index < -0.39 is 0 Å². The normalized spacial score (nSPS) is 17.9. The number of thiophene rings is 1. The van der Waals surface area contributed by atoms with Crippen molar-refractivity contribution in [1.29, 1.82) is 0 Å². The molecule has 2 atom stereocenters. The summed E-state index contributed by atoms with van der Waals surface area (Å²) in [5.41, 5.74) is 3.33. The van der Waals surface area contributed by atoms with Gasteiger partial charge in [0, 0.05) is 24.4 Å². The summed E-state index contributed by atoms with van der Waals surface area (Å²) in [6.45, 7) is 4.13. The van der Waals surface area contributed by atoms with Crippen LogP contribution in [0.4, 0.5) is 0 Å². The highest BCUT2D eigenvalue weighted by molar-refractivity contribution is 7.07. The Bertz CT molecular complexity index is 1230. The van der Waals surface area contributed by atoms with Crippen LogP contribution in [0.25, 0.3) is 10.8 Å². The molecule has 1 fully saturated rings. The fourth-order valence-corrected chi connectivity index (χ4v) is 5.43. The molecule has 0 spiro atoms. The van der Waals surface area contributed by atoms with E-state index in [1.165, 1.54) is 11.1 Å². The van der Waals surface area contributed by atoms with Crippen LogP contribution in [0.3, 0.4) is 0 Å². The standard InChI is InChI=1S/C30H33NO4S/c32-29-11-8-23-4-1-2-5-26(23)28(29)20-35-30-18-31-14-12-27(30)24-6-9-25(10-7-24)34-16-3-15-33-19-22-13-17-36-21-22/h1-2,4-11,13,17,21,27,30-32H,3,12,14-16,18-20H2. The number of fused-ring (bicyclic) bond motifs is 1. The summed E-state index contributed by atoms with van der Waals surface area (Å²) in [5, 5.41) is 20.3. The second kappa shape index (κ2) is 12.4. The molecular weight excluding hydrogens is 470 g/mol. The van der Waals surface area contributed by atoms with Gasteiger partial charge in [-0.25, -0.2) is 0 Å². The first kappa shape index (κ1) is 24.8. The average molecular weight is 504 g/mol. The Kier molecular flexibility index (Phi) is 8.51. The van der Waals surface area contributed by atoms with Crippen molar-refractivity contribution in [2.75, 3.05) is 26.3 Å². The summed E-state index contributed by atoms with van der Waals surface area (Å²) < 4.78 is 18.0. The molecule has 2 N–H and O–H groups in total. The second-order valence-electron chi connectivity index (χ2n) is 9.19. The number of ether oxygens (including phenoxy) is 3. The summed E-state index contributed by atoms with van der Waals surface area (Å²) in [7, 11) is 0. The molecule has 6 heteroatoms. The Balaban J connectivity index is 1.14. The molecule has 2 heterocycles. The maximum atomic E-state index is 10.5. The first-order valence-electron chi connectivity index (χ1n) is 12.6. The van der Waals surface area contributed by atoms with E-state index in [9.17, 15) is 5.11 Å². The van der Waals surface area contributed by atoms with Crippen molar-refractivity contribution in [3.05, 3.63) is 94.2 Å². The molecule has 36 heavy (non-hydrogen) atoms. The van der Waals surface area contributed by atoms with Gasteiger partial charge in [0.1, 0.15) is 11.5 Å². The Morgan fingerprint density at radius 2 is 1.83 bits per heavy atom. The van der Waals surface area contributed by atoms with Crippen LogP contribution in [-0.2, 0) is 22.7 Å². The Hall–Kier alpha value is -2.90. The molecule has 0 radical (unpaired) electrons. The van der Waals surface area contributed by atoms with Gasteiger partial charge >= 0.3 is 0 Å². The minimum Gasteiger partial charge on any atom is -0.508 e. The van der Waals surface area contributed by atoms with Gasteiger partial charge < -0.3 is 24.6 Å². The smallest absolute Gasteiger partial charge is 0.121 e. The molecule has 2 unspecified atom stereocenters. The van der Waals surface area contributed by atoms with E-state index in [1.54, 1.807) is 17.4 Å². The molecule has 0 bridgehead atoms. The summed E-state index contributed by atoms with van der Waals surface area (Å²) in [6, 6.07) is 22.3. The molecule has 1 aliphatic rings. The molecular formula is C30H33NO4S. The summed E-state index contributed by atoms with van der Waals surface area (Å²) in [4.78, 5) is 0. The van der Waals surface area contributed by atoms with E-state index in [2.05, 4.69) is 52.5 Å². The van der Waals surface area contributed by atoms with E-state index in [0.29, 0.717) is 32.3 Å². The molecule has 5 nitrogen and oxygen atoms in total. The van der Waals surface area contributed by atoms with Crippen molar-refractivity contribution >= 4 is 22.1 Å². The lowest BCUT2D eigenvalue weighted by atomic mass is 9.87. The van der Waals surface area contributed by atoms with Gasteiger partial charge in [0.2, 0.25) is 0 Å². The molecule has 188 valence electrons. The van der Waals surface area contributed by atoms with Crippen LogP contribution in [0, 0.1) is 0 Å². The average Bonchev–Trinajstić information content (AvgIpc) is 3.44. The van der Waals surface area contributed by atoms with Gasteiger partial charge in [0.05, 0.1) is 32.5 Å². The first-order valence-corrected chi connectivity index (χ1v) is 13.6. The molecule has 1 aromatic heterocycles. The fourth-order valence-electron chi connectivity index (χ4n) is 4.78.